The Labute approximate surface area is 136 Å². The summed E-state index contributed by atoms with van der Waals surface area (Å²) in [5.74, 6) is -3.24. The summed E-state index contributed by atoms with van der Waals surface area (Å²) in [5.41, 5.74) is 0.462. The Balaban J connectivity index is 2.22. The number of halogens is 2. The molecular weight excluding hydrogens is 322 g/mol. The quantitative estimate of drug-likeness (QED) is 0.848. The molecule has 2 aliphatic rings. The third kappa shape index (κ3) is 2.44. The second-order valence-electron chi connectivity index (χ2n) is 5.38. The molecule has 1 N–H and O–H groups in total. The number of hydrogen-bond acceptors (Lipinski definition) is 6. The van der Waals surface area contributed by atoms with Crippen LogP contribution in [0.15, 0.2) is 35.4 Å². The van der Waals surface area contributed by atoms with Gasteiger partial charge in [0.25, 0.3) is 0 Å². The van der Waals surface area contributed by atoms with Gasteiger partial charge in [-0.3, -0.25) is 4.98 Å². The van der Waals surface area contributed by atoms with E-state index in [9.17, 15) is 18.4 Å². The number of nitrogens with zero attached hydrogens (tertiary/aromatic N) is 1. The van der Waals surface area contributed by atoms with Crippen molar-refractivity contribution in [1.29, 1.82) is 0 Å². The van der Waals surface area contributed by atoms with Gasteiger partial charge in [0.1, 0.15) is 18.6 Å². The molecule has 1 aromatic heterocycles. The maximum Gasteiger partial charge on any atom is 0.337 e. The number of alkyl halides is 1. The van der Waals surface area contributed by atoms with Crippen LogP contribution in [0.25, 0.3) is 0 Å². The van der Waals surface area contributed by atoms with Gasteiger partial charge in [0.15, 0.2) is 0 Å². The van der Waals surface area contributed by atoms with Gasteiger partial charge in [0.2, 0.25) is 0 Å². The molecule has 0 unspecified atom stereocenters. The first-order chi connectivity index (χ1) is 11.5. The molecule has 24 heavy (non-hydrogen) atoms. The average Bonchev–Trinajstić information content (AvgIpc) is 2.94. The molecule has 3 heterocycles. The third-order valence-corrected chi connectivity index (χ3v) is 3.99. The molecule has 126 valence electrons. The Kier molecular flexibility index (Phi) is 4.04. The lowest BCUT2D eigenvalue weighted by Crippen LogP contribution is -2.27. The smallest absolute Gasteiger partial charge is 0.337 e. The predicted octanol–water partition coefficient (Wildman–Crippen LogP) is 1.81. The summed E-state index contributed by atoms with van der Waals surface area (Å²) in [6.07, 6.45) is 1.84. The highest BCUT2D eigenvalue weighted by molar-refractivity contribution is 6.00. The van der Waals surface area contributed by atoms with Gasteiger partial charge in [-0.25, -0.2) is 18.4 Å². The van der Waals surface area contributed by atoms with Crippen LogP contribution in [-0.4, -0.2) is 30.6 Å². The molecule has 2 atom stereocenters. The fraction of sp³-hybridized carbons (Fsp3) is 0.312. The van der Waals surface area contributed by atoms with E-state index in [1.807, 2.05) is 0 Å². The van der Waals surface area contributed by atoms with Crippen LogP contribution in [0.1, 0.15) is 30.1 Å². The molecule has 3 rings (SSSR count). The van der Waals surface area contributed by atoms with Gasteiger partial charge in [-0.1, -0.05) is 0 Å². The number of hydrogen-bond donors (Lipinski definition) is 1. The van der Waals surface area contributed by atoms with E-state index in [2.05, 4.69) is 10.3 Å². The molecule has 0 amide bonds. The van der Waals surface area contributed by atoms with E-state index in [1.54, 1.807) is 0 Å². The summed E-state index contributed by atoms with van der Waals surface area (Å²) < 4.78 is 37.8. The Morgan fingerprint density at radius 3 is 2.92 bits per heavy atom. The van der Waals surface area contributed by atoms with Crippen molar-refractivity contribution < 1.29 is 27.8 Å². The van der Waals surface area contributed by atoms with Gasteiger partial charge in [0.05, 0.1) is 36.1 Å². The van der Waals surface area contributed by atoms with Crippen LogP contribution in [0, 0.1) is 5.82 Å². The Hall–Kier alpha value is -2.77. The zero-order valence-corrected chi connectivity index (χ0v) is 12.9. The number of ether oxygens (including phenoxy) is 2. The lowest BCUT2D eigenvalue weighted by molar-refractivity contribution is -0.136. The molecular formula is C16H14F2N2O4. The van der Waals surface area contributed by atoms with Crippen molar-refractivity contribution >= 4 is 11.9 Å². The van der Waals surface area contributed by atoms with Gasteiger partial charge < -0.3 is 14.8 Å². The first kappa shape index (κ1) is 16.1. The number of carbonyl (C=O) groups is 2. The largest absolute Gasteiger partial charge is 0.466 e. The second kappa shape index (κ2) is 6.03. The lowest BCUT2D eigenvalue weighted by Gasteiger charge is -2.26. The summed E-state index contributed by atoms with van der Waals surface area (Å²) in [4.78, 5) is 28.0. The standard InChI is InChI=1S/C16H14F2N2O4/c1-7(17)12-8(3-19-5-10(12)18)13-9(15(21)23-2)4-20-11-6-24-16(22)14(11)13/h3-5,7,13,20H,6H2,1-2H3/t7-,13-/m1/s1. The fourth-order valence-corrected chi connectivity index (χ4v) is 2.96. The zero-order chi connectivity index (χ0) is 17.4. The normalized spacial score (nSPS) is 20.8. The summed E-state index contributed by atoms with van der Waals surface area (Å²) in [7, 11) is 1.18. The molecule has 2 aliphatic heterocycles. The van der Waals surface area contributed by atoms with Crippen LogP contribution in [0.5, 0.6) is 0 Å². The highest BCUT2D eigenvalue weighted by Crippen LogP contribution is 2.42. The summed E-state index contributed by atoms with van der Waals surface area (Å²) in [6.45, 7) is 1.17. The van der Waals surface area contributed by atoms with Crippen LogP contribution in [0.4, 0.5) is 8.78 Å². The summed E-state index contributed by atoms with van der Waals surface area (Å²) >= 11 is 0. The van der Waals surface area contributed by atoms with Gasteiger partial charge in [-0.05, 0) is 12.5 Å². The molecule has 0 spiro atoms. The van der Waals surface area contributed by atoms with Gasteiger partial charge in [0, 0.05) is 18.0 Å². The van der Waals surface area contributed by atoms with Crippen LogP contribution in [0.2, 0.25) is 0 Å². The van der Waals surface area contributed by atoms with Crippen molar-refractivity contribution in [2.75, 3.05) is 13.7 Å². The van der Waals surface area contributed by atoms with E-state index in [-0.39, 0.29) is 28.9 Å². The van der Waals surface area contributed by atoms with E-state index < -0.39 is 29.8 Å². The number of methoxy groups -OCH3 is 1. The minimum Gasteiger partial charge on any atom is -0.466 e. The number of rotatable bonds is 3. The van der Waals surface area contributed by atoms with Crippen LogP contribution in [-0.2, 0) is 19.1 Å². The molecule has 8 heteroatoms. The predicted molar refractivity (Wildman–Crippen MR) is 77.7 cm³/mol. The van der Waals surface area contributed by atoms with Crippen LogP contribution in [0.3, 0.4) is 0 Å². The Morgan fingerprint density at radius 1 is 1.50 bits per heavy atom. The highest BCUT2D eigenvalue weighted by atomic mass is 19.1. The molecule has 0 aliphatic carbocycles. The zero-order valence-electron chi connectivity index (χ0n) is 12.9. The van der Waals surface area contributed by atoms with Crippen molar-refractivity contribution in [1.82, 2.24) is 10.3 Å². The second-order valence-corrected chi connectivity index (χ2v) is 5.38. The van der Waals surface area contributed by atoms with E-state index in [0.717, 1.165) is 6.20 Å². The average molecular weight is 336 g/mol. The summed E-state index contributed by atoms with van der Waals surface area (Å²) in [6, 6.07) is 0. The lowest BCUT2D eigenvalue weighted by atomic mass is 9.80. The number of aromatic nitrogens is 1. The van der Waals surface area contributed by atoms with E-state index in [0.29, 0.717) is 5.70 Å². The van der Waals surface area contributed by atoms with Crippen molar-refractivity contribution in [3.8, 4) is 0 Å². The number of carbonyl (C=O) groups excluding carboxylic acids is 2. The van der Waals surface area contributed by atoms with Gasteiger partial charge >= 0.3 is 11.9 Å². The molecule has 0 radical (unpaired) electrons. The van der Waals surface area contributed by atoms with Crippen molar-refractivity contribution in [3.63, 3.8) is 0 Å². The first-order valence-electron chi connectivity index (χ1n) is 7.18. The van der Waals surface area contributed by atoms with Gasteiger partial charge in [-0.2, -0.15) is 0 Å². The number of pyridine rings is 1. The van der Waals surface area contributed by atoms with Crippen LogP contribution >= 0.6 is 0 Å². The fourth-order valence-electron chi connectivity index (χ4n) is 2.96. The molecule has 0 aromatic carbocycles. The van der Waals surface area contributed by atoms with Crippen LogP contribution < -0.4 is 5.32 Å². The minimum atomic E-state index is -1.65. The molecule has 0 fully saturated rings. The molecule has 0 saturated heterocycles. The maximum atomic E-state index is 14.1. The van der Waals surface area contributed by atoms with E-state index >= 15 is 0 Å². The SMILES string of the molecule is COC(=O)C1=CNC2=C(C(=O)OC2)[C@@H]1c1cncc(F)c1[C@@H](C)F. The maximum absolute atomic E-state index is 14.1. The van der Waals surface area contributed by atoms with Crippen molar-refractivity contribution in [3.05, 3.63) is 52.4 Å². The number of dihydropyridines is 1. The number of cyclic esters (lactones) is 1. The van der Waals surface area contributed by atoms with Crippen molar-refractivity contribution in [2.24, 2.45) is 0 Å². The van der Waals surface area contributed by atoms with E-state index in [4.69, 9.17) is 9.47 Å². The third-order valence-electron chi connectivity index (χ3n) is 3.99. The monoisotopic (exact) mass is 336 g/mol. The molecule has 6 nitrogen and oxygen atoms in total. The number of nitrogens with one attached hydrogen (secondary N) is 1. The highest BCUT2D eigenvalue weighted by Gasteiger charge is 2.41. The number of esters is 2. The topological polar surface area (TPSA) is 77.5 Å². The molecule has 0 saturated carbocycles. The molecule has 1 aromatic rings. The van der Waals surface area contributed by atoms with Gasteiger partial charge in [-0.15, -0.1) is 0 Å². The van der Waals surface area contributed by atoms with E-state index in [1.165, 1.54) is 26.4 Å². The Bertz CT molecular complexity index is 786. The molecule has 0 bridgehead atoms. The summed E-state index contributed by atoms with van der Waals surface area (Å²) in [5, 5.41) is 2.80. The minimum absolute atomic E-state index is 0.00112. The first-order valence-corrected chi connectivity index (χ1v) is 7.18. The van der Waals surface area contributed by atoms with Crippen molar-refractivity contribution in [2.45, 2.75) is 19.0 Å². The Morgan fingerprint density at radius 2 is 2.25 bits per heavy atom.